The monoisotopic (exact) mass is 645 g/mol. The van der Waals surface area contributed by atoms with Crippen molar-refractivity contribution < 1.29 is 24.2 Å². The van der Waals surface area contributed by atoms with Gasteiger partial charge in [-0.15, -0.1) is 0 Å². The average molecular weight is 646 g/mol. The first-order chi connectivity index (χ1) is 23.2. The number of anilines is 3. The molecule has 0 radical (unpaired) electrons. The first-order valence-electron chi connectivity index (χ1n) is 16.0. The lowest BCUT2D eigenvalue weighted by atomic mass is 9.99. The summed E-state index contributed by atoms with van der Waals surface area (Å²) in [6.45, 7) is 4.05. The van der Waals surface area contributed by atoms with Crippen LogP contribution in [0.1, 0.15) is 24.2 Å². The van der Waals surface area contributed by atoms with Gasteiger partial charge in [0.2, 0.25) is 0 Å². The Morgan fingerprint density at radius 1 is 0.875 bits per heavy atom. The van der Waals surface area contributed by atoms with Gasteiger partial charge in [0.1, 0.15) is 11.9 Å². The highest BCUT2D eigenvalue weighted by atomic mass is 16.5. The van der Waals surface area contributed by atoms with Crippen LogP contribution in [0.15, 0.2) is 103 Å². The lowest BCUT2D eigenvalue weighted by Gasteiger charge is -2.38. The van der Waals surface area contributed by atoms with Crippen molar-refractivity contribution in [2.75, 3.05) is 42.7 Å². The summed E-state index contributed by atoms with van der Waals surface area (Å²) in [7, 11) is 1.71. The van der Waals surface area contributed by atoms with Crippen molar-refractivity contribution in [3.05, 3.63) is 109 Å². The minimum absolute atomic E-state index is 0.187. The first-order valence-corrected chi connectivity index (χ1v) is 16.0. The molecule has 1 aliphatic rings. The van der Waals surface area contributed by atoms with Gasteiger partial charge in [-0.3, -0.25) is 4.79 Å². The Hall–Kier alpha value is -5.61. The van der Waals surface area contributed by atoms with E-state index in [0.29, 0.717) is 29.4 Å². The van der Waals surface area contributed by atoms with Crippen molar-refractivity contribution in [1.29, 1.82) is 0 Å². The molecule has 0 aromatic heterocycles. The van der Waals surface area contributed by atoms with Crippen LogP contribution in [-0.2, 0) is 0 Å². The van der Waals surface area contributed by atoms with Crippen LogP contribution in [0.2, 0.25) is 0 Å². The number of ether oxygens (including phenoxy) is 1. The number of urea groups is 2. The van der Waals surface area contributed by atoms with Crippen LogP contribution in [0.5, 0.6) is 5.75 Å². The number of hydrogen-bond donors (Lipinski definition) is 4. The van der Waals surface area contributed by atoms with Crippen LogP contribution in [-0.4, -0.2) is 71.8 Å². The van der Waals surface area contributed by atoms with Crippen molar-refractivity contribution in [2.45, 2.75) is 26.0 Å². The van der Waals surface area contributed by atoms with Crippen LogP contribution in [0.3, 0.4) is 0 Å². The normalized spacial score (nSPS) is 16.7. The van der Waals surface area contributed by atoms with Crippen molar-refractivity contribution in [2.24, 2.45) is 5.92 Å². The number of carbonyl (C=O) groups is 3. The number of nitrogens with one attached hydrogen (secondary N) is 3. The fourth-order valence-electron chi connectivity index (χ4n) is 6.04. The first kappa shape index (κ1) is 32.3. The number of aliphatic hydroxyl groups is 1. The topological polar surface area (TPSA) is 123 Å². The molecule has 10 heteroatoms. The lowest BCUT2D eigenvalue weighted by molar-refractivity contribution is 0.0371. The molecule has 0 unspecified atom stereocenters. The van der Waals surface area contributed by atoms with Crippen molar-refractivity contribution in [3.63, 3.8) is 0 Å². The third-order valence-corrected chi connectivity index (χ3v) is 8.79. The fourth-order valence-corrected chi connectivity index (χ4v) is 6.04. The SMILES string of the molecule is C[C@@H]1CN([C@H](C)CO)C(=O)c2cc(NC(=O)Nc3cccc4ccccc34)ccc2O[C@@H]1CN(C)C(=O)Nc1cccc2ccccc12. The molecule has 5 amide bonds. The van der Waals surface area contributed by atoms with Gasteiger partial charge in [-0.05, 0) is 48.0 Å². The minimum Gasteiger partial charge on any atom is -0.487 e. The van der Waals surface area contributed by atoms with E-state index in [1.807, 2.05) is 91.9 Å². The van der Waals surface area contributed by atoms with Gasteiger partial charge in [-0.2, -0.15) is 0 Å². The van der Waals surface area contributed by atoms with Gasteiger partial charge in [0, 0.05) is 36.0 Å². The molecule has 1 aliphatic heterocycles. The molecule has 4 N–H and O–H groups in total. The average Bonchev–Trinajstić information content (AvgIpc) is 3.10. The van der Waals surface area contributed by atoms with E-state index in [-0.39, 0.29) is 36.6 Å². The molecular weight excluding hydrogens is 606 g/mol. The van der Waals surface area contributed by atoms with E-state index in [2.05, 4.69) is 16.0 Å². The molecule has 246 valence electrons. The number of nitrogens with zero attached hydrogens (tertiary/aromatic N) is 2. The summed E-state index contributed by atoms with van der Waals surface area (Å²) in [5.41, 5.74) is 2.01. The summed E-state index contributed by atoms with van der Waals surface area (Å²) >= 11 is 0. The highest BCUT2D eigenvalue weighted by Gasteiger charge is 2.34. The Bertz CT molecular complexity index is 1970. The lowest BCUT2D eigenvalue weighted by Crippen LogP contribution is -2.50. The number of likely N-dealkylation sites (N-methyl/N-ethyl adjacent to an activating group) is 1. The molecular formula is C38H39N5O5. The Morgan fingerprint density at radius 3 is 2.12 bits per heavy atom. The molecule has 0 aliphatic carbocycles. The van der Waals surface area contributed by atoms with Crippen LogP contribution >= 0.6 is 0 Å². The standard InChI is InChI=1S/C38H39N5O5/c1-24-21-43(25(2)23-44)36(45)31-20-28(39-37(46)40-32-16-8-12-26-10-4-6-14-29(26)32)18-19-34(31)48-35(24)22-42(3)38(47)41-33-17-9-13-27-11-5-7-15-30(27)33/h4-20,24-25,35,44H,21-23H2,1-3H3,(H,41,47)(H2,39,40,46)/t24-,25-,35-/m1/s1. The quantitative estimate of drug-likeness (QED) is 0.152. The van der Waals surface area contributed by atoms with Gasteiger partial charge in [-0.1, -0.05) is 79.7 Å². The van der Waals surface area contributed by atoms with Gasteiger partial charge in [0.15, 0.2) is 0 Å². The van der Waals surface area contributed by atoms with Gasteiger partial charge < -0.3 is 35.6 Å². The van der Waals surface area contributed by atoms with E-state index in [4.69, 9.17) is 4.74 Å². The zero-order chi connectivity index (χ0) is 33.8. The third kappa shape index (κ3) is 6.89. The highest BCUT2D eigenvalue weighted by molar-refractivity contribution is 6.07. The number of benzene rings is 5. The maximum atomic E-state index is 13.9. The summed E-state index contributed by atoms with van der Waals surface area (Å²) < 4.78 is 6.47. The number of fused-ring (bicyclic) bond motifs is 3. The highest BCUT2D eigenvalue weighted by Crippen LogP contribution is 2.31. The molecule has 1 heterocycles. The Morgan fingerprint density at radius 2 is 1.48 bits per heavy atom. The van der Waals surface area contributed by atoms with E-state index in [0.717, 1.165) is 21.5 Å². The molecule has 0 fully saturated rings. The van der Waals surface area contributed by atoms with Crippen molar-refractivity contribution >= 4 is 56.6 Å². The fraction of sp³-hybridized carbons (Fsp3) is 0.237. The van der Waals surface area contributed by atoms with Gasteiger partial charge in [0.05, 0.1) is 36.1 Å². The number of rotatable bonds is 7. The van der Waals surface area contributed by atoms with Crippen LogP contribution < -0.4 is 20.7 Å². The van der Waals surface area contributed by atoms with Crippen LogP contribution in [0.4, 0.5) is 26.7 Å². The van der Waals surface area contributed by atoms with E-state index < -0.39 is 18.2 Å². The zero-order valence-corrected chi connectivity index (χ0v) is 27.1. The predicted octanol–water partition coefficient (Wildman–Crippen LogP) is 7.02. The largest absolute Gasteiger partial charge is 0.487 e. The summed E-state index contributed by atoms with van der Waals surface area (Å²) in [4.78, 5) is 43.5. The van der Waals surface area contributed by atoms with E-state index in [1.165, 1.54) is 0 Å². The van der Waals surface area contributed by atoms with Crippen LogP contribution in [0, 0.1) is 5.92 Å². The third-order valence-electron chi connectivity index (χ3n) is 8.79. The second-order valence-corrected chi connectivity index (χ2v) is 12.3. The number of hydrogen-bond acceptors (Lipinski definition) is 5. The van der Waals surface area contributed by atoms with Crippen molar-refractivity contribution in [1.82, 2.24) is 9.80 Å². The van der Waals surface area contributed by atoms with E-state index in [9.17, 15) is 19.5 Å². The van der Waals surface area contributed by atoms with E-state index in [1.54, 1.807) is 42.0 Å². The zero-order valence-electron chi connectivity index (χ0n) is 27.1. The predicted molar refractivity (Wildman–Crippen MR) is 190 cm³/mol. The molecule has 0 spiro atoms. The van der Waals surface area contributed by atoms with E-state index >= 15 is 0 Å². The molecule has 0 saturated heterocycles. The molecule has 10 nitrogen and oxygen atoms in total. The number of carbonyl (C=O) groups excluding carboxylic acids is 3. The summed E-state index contributed by atoms with van der Waals surface area (Å²) in [6, 6.07) is 30.7. The smallest absolute Gasteiger partial charge is 0.323 e. The Kier molecular flexibility index (Phi) is 9.45. The summed E-state index contributed by atoms with van der Waals surface area (Å²) in [5.74, 6) is -0.181. The van der Waals surface area contributed by atoms with Gasteiger partial charge in [-0.25, -0.2) is 9.59 Å². The Labute approximate surface area is 279 Å². The molecule has 0 saturated carbocycles. The van der Waals surface area contributed by atoms with Crippen LogP contribution in [0.25, 0.3) is 21.5 Å². The molecule has 5 aromatic carbocycles. The Balaban J connectivity index is 1.22. The minimum atomic E-state index is -0.484. The molecule has 3 atom stereocenters. The number of amides is 5. The molecule has 6 rings (SSSR count). The molecule has 5 aromatic rings. The summed E-state index contributed by atoms with van der Waals surface area (Å²) in [5, 5.41) is 22.7. The van der Waals surface area contributed by atoms with Crippen molar-refractivity contribution in [3.8, 4) is 5.75 Å². The maximum Gasteiger partial charge on any atom is 0.323 e. The summed E-state index contributed by atoms with van der Waals surface area (Å²) in [6.07, 6.45) is -0.484. The van der Waals surface area contributed by atoms with Gasteiger partial charge >= 0.3 is 12.1 Å². The second kappa shape index (κ2) is 14.0. The van der Waals surface area contributed by atoms with Gasteiger partial charge in [0.25, 0.3) is 5.91 Å². The molecule has 48 heavy (non-hydrogen) atoms. The second-order valence-electron chi connectivity index (χ2n) is 12.3. The number of aliphatic hydroxyl groups excluding tert-OH is 1. The molecule has 0 bridgehead atoms. The maximum absolute atomic E-state index is 13.9.